The molecule has 0 fully saturated rings. The van der Waals surface area contributed by atoms with Crippen LogP contribution in [0, 0.1) is 6.92 Å². The molecule has 0 bridgehead atoms. The Kier molecular flexibility index (Phi) is 6.57. The van der Waals surface area contributed by atoms with Gasteiger partial charge in [0.15, 0.2) is 11.7 Å². The summed E-state index contributed by atoms with van der Waals surface area (Å²) in [5.74, 6) is 1.04. The van der Waals surface area contributed by atoms with E-state index in [2.05, 4.69) is 26.6 Å². The average Bonchev–Trinajstić information content (AvgIpc) is 2.56. The first-order chi connectivity index (χ1) is 11.5. The van der Waals surface area contributed by atoms with E-state index in [1.165, 1.54) is 0 Å². The summed E-state index contributed by atoms with van der Waals surface area (Å²) < 4.78 is 11.5. The van der Waals surface area contributed by atoms with Gasteiger partial charge in [0, 0.05) is 10.2 Å². The standard InChI is InChI=1S/C17H17BrN2O3S/c1-11-9-14(7-8-15(11)18)23-10-16(21)20-17(24)19-12-3-5-13(22-2)6-4-12/h3-9H,10H2,1-2H3,(H2,19,20,21,24). The second-order valence-electron chi connectivity index (χ2n) is 4.93. The first kappa shape index (κ1) is 18.2. The summed E-state index contributed by atoms with van der Waals surface area (Å²) in [5.41, 5.74) is 1.79. The highest BCUT2D eigenvalue weighted by Gasteiger charge is 2.07. The fourth-order valence-corrected chi connectivity index (χ4v) is 2.33. The molecule has 0 saturated heterocycles. The fraction of sp³-hybridized carbons (Fsp3) is 0.176. The minimum atomic E-state index is -0.332. The van der Waals surface area contributed by atoms with E-state index in [-0.39, 0.29) is 17.6 Å². The van der Waals surface area contributed by atoms with Crippen molar-refractivity contribution in [3.8, 4) is 11.5 Å². The molecule has 0 aliphatic rings. The summed E-state index contributed by atoms with van der Waals surface area (Å²) in [6.07, 6.45) is 0. The fourth-order valence-electron chi connectivity index (χ4n) is 1.86. The number of anilines is 1. The minimum absolute atomic E-state index is 0.120. The third-order valence-electron chi connectivity index (χ3n) is 3.10. The zero-order valence-corrected chi connectivity index (χ0v) is 15.7. The number of rotatable bonds is 5. The predicted molar refractivity (Wildman–Crippen MR) is 102 cm³/mol. The van der Waals surface area contributed by atoms with Crippen LogP contribution in [0.2, 0.25) is 0 Å². The lowest BCUT2D eigenvalue weighted by molar-refractivity contribution is -0.121. The molecule has 2 aromatic rings. The number of amides is 1. The van der Waals surface area contributed by atoms with Crippen molar-refractivity contribution < 1.29 is 14.3 Å². The van der Waals surface area contributed by atoms with Gasteiger partial charge in [0.05, 0.1) is 7.11 Å². The highest BCUT2D eigenvalue weighted by molar-refractivity contribution is 9.10. The SMILES string of the molecule is COc1ccc(NC(=S)NC(=O)COc2ccc(Br)c(C)c2)cc1. The molecule has 0 saturated carbocycles. The molecule has 0 unspecified atom stereocenters. The van der Waals surface area contributed by atoms with Crippen LogP contribution in [0.5, 0.6) is 11.5 Å². The molecule has 0 heterocycles. The predicted octanol–water partition coefficient (Wildman–Crippen LogP) is 3.66. The molecule has 0 aliphatic heterocycles. The van der Waals surface area contributed by atoms with Crippen molar-refractivity contribution >= 4 is 44.9 Å². The van der Waals surface area contributed by atoms with Gasteiger partial charge >= 0.3 is 0 Å². The third kappa shape index (κ3) is 5.50. The second-order valence-corrected chi connectivity index (χ2v) is 6.19. The van der Waals surface area contributed by atoms with Crippen LogP contribution < -0.4 is 20.1 Å². The molecule has 2 aromatic carbocycles. The van der Waals surface area contributed by atoms with E-state index < -0.39 is 0 Å². The number of carbonyl (C=O) groups excluding carboxylic acids is 1. The summed E-state index contributed by atoms with van der Waals surface area (Å²) in [7, 11) is 1.60. The zero-order valence-electron chi connectivity index (χ0n) is 13.3. The summed E-state index contributed by atoms with van der Waals surface area (Å²) in [6, 6.07) is 12.7. The smallest absolute Gasteiger partial charge is 0.264 e. The maximum atomic E-state index is 11.9. The number of thiocarbonyl (C=S) groups is 1. The van der Waals surface area contributed by atoms with Crippen LogP contribution in [0.15, 0.2) is 46.9 Å². The Morgan fingerprint density at radius 3 is 2.46 bits per heavy atom. The molecule has 5 nitrogen and oxygen atoms in total. The van der Waals surface area contributed by atoms with Gasteiger partial charge in [-0.3, -0.25) is 10.1 Å². The number of carbonyl (C=O) groups is 1. The van der Waals surface area contributed by atoms with Crippen molar-refractivity contribution in [2.45, 2.75) is 6.92 Å². The Morgan fingerprint density at radius 2 is 1.83 bits per heavy atom. The Morgan fingerprint density at radius 1 is 1.17 bits per heavy atom. The average molecular weight is 409 g/mol. The summed E-state index contributed by atoms with van der Waals surface area (Å²) in [6.45, 7) is 1.83. The maximum absolute atomic E-state index is 11.9. The van der Waals surface area contributed by atoms with Crippen molar-refractivity contribution in [3.05, 3.63) is 52.5 Å². The summed E-state index contributed by atoms with van der Waals surface area (Å²) in [5, 5.41) is 5.70. The first-order valence-corrected chi connectivity index (χ1v) is 8.32. The number of benzene rings is 2. The van der Waals surface area contributed by atoms with Gasteiger partial charge in [-0.2, -0.15) is 0 Å². The molecule has 2 rings (SSSR count). The van der Waals surface area contributed by atoms with Crippen molar-refractivity contribution in [2.24, 2.45) is 0 Å². The van der Waals surface area contributed by atoms with Gasteiger partial charge in [-0.05, 0) is 67.2 Å². The van der Waals surface area contributed by atoms with Crippen molar-refractivity contribution in [3.63, 3.8) is 0 Å². The molecule has 126 valence electrons. The van der Waals surface area contributed by atoms with E-state index >= 15 is 0 Å². The molecular weight excluding hydrogens is 392 g/mol. The molecular formula is C17H17BrN2O3S. The number of methoxy groups -OCH3 is 1. The van der Waals surface area contributed by atoms with Crippen molar-refractivity contribution in [1.82, 2.24) is 5.32 Å². The Hall–Kier alpha value is -2.12. The zero-order chi connectivity index (χ0) is 17.5. The number of aryl methyl sites for hydroxylation is 1. The number of hydrogen-bond acceptors (Lipinski definition) is 4. The molecule has 1 amide bonds. The topological polar surface area (TPSA) is 59.6 Å². The van der Waals surface area contributed by atoms with Gasteiger partial charge in [0.25, 0.3) is 5.91 Å². The maximum Gasteiger partial charge on any atom is 0.264 e. The Balaban J connectivity index is 1.80. The largest absolute Gasteiger partial charge is 0.497 e. The van der Waals surface area contributed by atoms with Crippen molar-refractivity contribution in [1.29, 1.82) is 0 Å². The van der Waals surface area contributed by atoms with Gasteiger partial charge in [-0.25, -0.2) is 0 Å². The monoisotopic (exact) mass is 408 g/mol. The third-order valence-corrected chi connectivity index (χ3v) is 4.19. The van der Waals surface area contributed by atoms with Crippen LogP contribution in [0.4, 0.5) is 5.69 Å². The number of hydrogen-bond donors (Lipinski definition) is 2. The van der Waals surface area contributed by atoms with Crippen LogP contribution in [0.3, 0.4) is 0 Å². The first-order valence-electron chi connectivity index (χ1n) is 7.12. The highest BCUT2D eigenvalue weighted by atomic mass is 79.9. The molecule has 0 aromatic heterocycles. The molecule has 0 atom stereocenters. The highest BCUT2D eigenvalue weighted by Crippen LogP contribution is 2.21. The van der Waals surface area contributed by atoms with Crippen LogP contribution >= 0.6 is 28.1 Å². The van der Waals surface area contributed by atoms with Gasteiger partial charge < -0.3 is 14.8 Å². The van der Waals surface area contributed by atoms with Gasteiger partial charge in [-0.1, -0.05) is 15.9 Å². The molecule has 0 aliphatic carbocycles. The lowest BCUT2D eigenvalue weighted by Crippen LogP contribution is -2.37. The van der Waals surface area contributed by atoms with E-state index in [9.17, 15) is 4.79 Å². The second kappa shape index (κ2) is 8.65. The lowest BCUT2D eigenvalue weighted by Gasteiger charge is -2.11. The van der Waals surface area contributed by atoms with E-state index in [1.807, 2.05) is 19.1 Å². The minimum Gasteiger partial charge on any atom is -0.497 e. The van der Waals surface area contributed by atoms with Crippen LogP contribution in [0.1, 0.15) is 5.56 Å². The van der Waals surface area contributed by atoms with Gasteiger partial charge in [0.1, 0.15) is 11.5 Å². The van der Waals surface area contributed by atoms with Gasteiger partial charge in [0.2, 0.25) is 0 Å². The van der Waals surface area contributed by atoms with Gasteiger partial charge in [-0.15, -0.1) is 0 Å². The summed E-state index contributed by atoms with van der Waals surface area (Å²) >= 11 is 8.52. The van der Waals surface area contributed by atoms with Crippen LogP contribution in [-0.2, 0) is 4.79 Å². The van der Waals surface area contributed by atoms with E-state index in [0.29, 0.717) is 5.75 Å². The number of halogens is 1. The van der Waals surface area contributed by atoms with E-state index in [4.69, 9.17) is 21.7 Å². The molecule has 7 heteroatoms. The summed E-state index contributed by atoms with van der Waals surface area (Å²) in [4.78, 5) is 11.9. The normalized spacial score (nSPS) is 9.96. The lowest BCUT2D eigenvalue weighted by atomic mass is 10.2. The molecule has 2 N–H and O–H groups in total. The van der Waals surface area contributed by atoms with Crippen LogP contribution in [0.25, 0.3) is 0 Å². The van der Waals surface area contributed by atoms with E-state index in [1.54, 1.807) is 37.4 Å². The molecule has 0 spiro atoms. The Bertz CT molecular complexity index is 735. The quantitative estimate of drug-likeness (QED) is 0.739. The molecule has 0 radical (unpaired) electrons. The van der Waals surface area contributed by atoms with Crippen molar-refractivity contribution in [2.75, 3.05) is 19.0 Å². The number of nitrogens with one attached hydrogen (secondary N) is 2. The van der Waals surface area contributed by atoms with Crippen LogP contribution in [-0.4, -0.2) is 24.7 Å². The van der Waals surface area contributed by atoms with E-state index in [0.717, 1.165) is 21.5 Å². The Labute approximate surface area is 154 Å². The number of ether oxygens (including phenoxy) is 2. The molecule has 24 heavy (non-hydrogen) atoms.